The fourth-order valence-corrected chi connectivity index (χ4v) is 3.85. The van der Waals surface area contributed by atoms with Crippen LogP contribution in [0.5, 0.6) is 0 Å². The number of rotatable bonds is 3. The maximum Gasteiger partial charge on any atom is 0.219 e. The number of benzene rings is 1. The van der Waals surface area contributed by atoms with Gasteiger partial charge < -0.3 is 10.2 Å². The van der Waals surface area contributed by atoms with E-state index in [9.17, 15) is 4.79 Å². The van der Waals surface area contributed by atoms with Crippen LogP contribution in [-0.2, 0) is 24.4 Å². The van der Waals surface area contributed by atoms with Crippen LogP contribution in [0, 0.1) is 0 Å². The fourth-order valence-electron chi connectivity index (χ4n) is 2.99. The van der Waals surface area contributed by atoms with Gasteiger partial charge in [-0.15, -0.1) is 0 Å². The van der Waals surface area contributed by atoms with Gasteiger partial charge in [-0.2, -0.15) is 5.10 Å². The Morgan fingerprint density at radius 2 is 2.21 bits per heavy atom. The third-order valence-corrected chi connectivity index (χ3v) is 5.22. The van der Waals surface area contributed by atoms with Crippen LogP contribution in [-0.4, -0.2) is 32.1 Å². The Hall–Kier alpha value is -2.41. The molecule has 1 aromatic carbocycles. The molecule has 1 aliphatic rings. The molecule has 3 aromatic rings. The second kappa shape index (κ2) is 6.24. The van der Waals surface area contributed by atoms with Crippen LogP contribution in [0.25, 0.3) is 10.2 Å². The monoisotopic (exact) mass is 341 g/mol. The Labute approximate surface area is 144 Å². The first-order valence-corrected chi connectivity index (χ1v) is 8.91. The Morgan fingerprint density at radius 1 is 1.33 bits per heavy atom. The van der Waals surface area contributed by atoms with Gasteiger partial charge in [-0.25, -0.2) is 4.98 Å². The molecule has 0 spiro atoms. The lowest BCUT2D eigenvalue weighted by Crippen LogP contribution is -2.28. The van der Waals surface area contributed by atoms with Crippen LogP contribution in [0.3, 0.4) is 0 Å². The number of thiazole rings is 1. The molecule has 3 heterocycles. The van der Waals surface area contributed by atoms with Crippen LogP contribution in [0.2, 0.25) is 0 Å². The highest BCUT2D eigenvalue weighted by Crippen LogP contribution is 2.25. The number of anilines is 1. The zero-order chi connectivity index (χ0) is 16.5. The zero-order valence-electron chi connectivity index (χ0n) is 13.5. The molecule has 7 heteroatoms. The van der Waals surface area contributed by atoms with Gasteiger partial charge in [-0.1, -0.05) is 23.5 Å². The second-order valence-corrected chi connectivity index (χ2v) is 7.02. The van der Waals surface area contributed by atoms with Crippen LogP contribution in [0.1, 0.15) is 24.7 Å². The molecule has 0 unspecified atom stereocenters. The summed E-state index contributed by atoms with van der Waals surface area (Å²) in [5, 5.41) is 8.93. The van der Waals surface area contributed by atoms with Gasteiger partial charge in [0, 0.05) is 20.0 Å². The Kier molecular flexibility index (Phi) is 3.93. The average molecular weight is 341 g/mol. The van der Waals surface area contributed by atoms with Gasteiger partial charge in [0.1, 0.15) is 0 Å². The molecule has 0 aliphatic carbocycles. The van der Waals surface area contributed by atoms with E-state index in [0.29, 0.717) is 13.1 Å². The van der Waals surface area contributed by atoms with Crippen molar-refractivity contribution in [2.24, 2.45) is 0 Å². The number of nitrogens with zero attached hydrogens (tertiary/aromatic N) is 4. The number of fused-ring (bicyclic) bond motifs is 2. The molecule has 0 radical (unpaired) electrons. The Morgan fingerprint density at radius 3 is 3.04 bits per heavy atom. The SMILES string of the molecule is CC(=O)N1CCCn2nc(CNc3nc4ccccc4s3)cc2C1. The molecule has 124 valence electrons. The zero-order valence-corrected chi connectivity index (χ0v) is 14.3. The van der Waals surface area contributed by atoms with Gasteiger partial charge in [-0.3, -0.25) is 9.48 Å². The number of aryl methyl sites for hydroxylation is 1. The number of para-hydroxylation sites is 1. The Bertz CT molecular complexity index is 851. The third-order valence-electron chi connectivity index (χ3n) is 4.22. The lowest BCUT2D eigenvalue weighted by atomic mass is 10.3. The molecule has 0 saturated heterocycles. The lowest BCUT2D eigenvalue weighted by molar-refractivity contribution is -0.129. The van der Waals surface area contributed by atoms with Crippen molar-refractivity contribution >= 4 is 32.6 Å². The van der Waals surface area contributed by atoms with Crippen molar-refractivity contribution in [3.8, 4) is 0 Å². The number of hydrogen-bond donors (Lipinski definition) is 1. The molecule has 0 fully saturated rings. The van der Waals surface area contributed by atoms with Crippen molar-refractivity contribution in [1.29, 1.82) is 0 Å². The van der Waals surface area contributed by atoms with E-state index in [0.717, 1.165) is 41.5 Å². The quantitative estimate of drug-likeness (QED) is 0.796. The number of carbonyl (C=O) groups excluding carboxylic acids is 1. The fraction of sp³-hybridized carbons (Fsp3) is 0.353. The summed E-state index contributed by atoms with van der Waals surface area (Å²) in [4.78, 5) is 18.1. The van der Waals surface area contributed by atoms with Crippen LogP contribution in [0.4, 0.5) is 5.13 Å². The topological polar surface area (TPSA) is 63.1 Å². The number of aromatic nitrogens is 3. The summed E-state index contributed by atoms with van der Waals surface area (Å²) in [7, 11) is 0. The average Bonchev–Trinajstić information content (AvgIpc) is 3.10. The molecule has 0 bridgehead atoms. The molecule has 2 aromatic heterocycles. The molecular formula is C17H19N5OS. The van der Waals surface area contributed by atoms with E-state index in [1.165, 1.54) is 4.70 Å². The van der Waals surface area contributed by atoms with E-state index in [4.69, 9.17) is 0 Å². The first kappa shape index (κ1) is 15.1. The van der Waals surface area contributed by atoms with Crippen molar-refractivity contribution in [3.05, 3.63) is 41.7 Å². The molecule has 0 saturated carbocycles. The number of amides is 1. The maximum atomic E-state index is 11.6. The first-order valence-electron chi connectivity index (χ1n) is 8.09. The summed E-state index contributed by atoms with van der Waals surface area (Å²) >= 11 is 1.65. The van der Waals surface area contributed by atoms with Gasteiger partial charge in [0.25, 0.3) is 0 Å². The van der Waals surface area contributed by atoms with E-state index < -0.39 is 0 Å². The number of nitrogens with one attached hydrogen (secondary N) is 1. The van der Waals surface area contributed by atoms with E-state index in [1.54, 1.807) is 18.3 Å². The minimum absolute atomic E-state index is 0.124. The predicted octanol–water partition coefficient (Wildman–Crippen LogP) is 2.86. The summed E-state index contributed by atoms with van der Waals surface area (Å²) in [6.07, 6.45) is 0.943. The summed E-state index contributed by atoms with van der Waals surface area (Å²) in [6.45, 7) is 4.57. The van der Waals surface area contributed by atoms with Crippen molar-refractivity contribution in [2.75, 3.05) is 11.9 Å². The highest BCUT2D eigenvalue weighted by molar-refractivity contribution is 7.22. The second-order valence-electron chi connectivity index (χ2n) is 5.98. The standard InChI is InChI=1S/C17H19N5OS/c1-12(23)21-7-4-8-22-14(11-21)9-13(20-22)10-18-17-19-15-5-2-3-6-16(15)24-17/h2-3,5-6,9H,4,7-8,10-11H2,1H3,(H,18,19). The minimum atomic E-state index is 0.124. The molecule has 24 heavy (non-hydrogen) atoms. The molecule has 6 nitrogen and oxygen atoms in total. The van der Waals surface area contributed by atoms with Crippen LogP contribution >= 0.6 is 11.3 Å². The summed E-state index contributed by atoms with van der Waals surface area (Å²) in [5.74, 6) is 0.124. The van der Waals surface area contributed by atoms with Crippen molar-refractivity contribution in [2.45, 2.75) is 33.0 Å². The molecular weight excluding hydrogens is 322 g/mol. The summed E-state index contributed by atoms with van der Waals surface area (Å²) < 4.78 is 3.20. The minimum Gasteiger partial charge on any atom is -0.356 e. The van der Waals surface area contributed by atoms with Crippen molar-refractivity contribution in [3.63, 3.8) is 0 Å². The van der Waals surface area contributed by atoms with Crippen molar-refractivity contribution < 1.29 is 4.79 Å². The molecule has 1 aliphatic heterocycles. The molecule has 0 atom stereocenters. The van der Waals surface area contributed by atoms with Crippen molar-refractivity contribution in [1.82, 2.24) is 19.7 Å². The summed E-state index contributed by atoms with van der Waals surface area (Å²) in [5.41, 5.74) is 3.10. The lowest BCUT2D eigenvalue weighted by Gasteiger charge is -2.17. The predicted molar refractivity (Wildman–Crippen MR) is 94.9 cm³/mol. The normalized spacial score (nSPS) is 14.5. The largest absolute Gasteiger partial charge is 0.356 e. The molecule has 1 amide bonds. The van der Waals surface area contributed by atoms with E-state index >= 15 is 0 Å². The van der Waals surface area contributed by atoms with E-state index in [2.05, 4.69) is 27.5 Å². The van der Waals surface area contributed by atoms with E-state index in [-0.39, 0.29) is 5.91 Å². The van der Waals surface area contributed by atoms with Gasteiger partial charge in [0.05, 0.1) is 34.7 Å². The smallest absolute Gasteiger partial charge is 0.219 e. The Balaban J connectivity index is 1.48. The van der Waals surface area contributed by atoms with Gasteiger partial charge in [0.15, 0.2) is 5.13 Å². The van der Waals surface area contributed by atoms with E-state index in [1.807, 2.05) is 27.8 Å². The van der Waals surface area contributed by atoms with Gasteiger partial charge in [0.2, 0.25) is 5.91 Å². The molecule has 1 N–H and O–H groups in total. The number of carbonyl (C=O) groups is 1. The highest BCUT2D eigenvalue weighted by atomic mass is 32.1. The molecule has 4 rings (SSSR count). The highest BCUT2D eigenvalue weighted by Gasteiger charge is 2.18. The maximum absolute atomic E-state index is 11.6. The number of hydrogen-bond acceptors (Lipinski definition) is 5. The van der Waals surface area contributed by atoms with Crippen LogP contribution < -0.4 is 5.32 Å². The third kappa shape index (κ3) is 2.99. The van der Waals surface area contributed by atoms with Gasteiger partial charge in [-0.05, 0) is 24.6 Å². The first-order chi connectivity index (χ1) is 11.7. The summed E-state index contributed by atoms with van der Waals surface area (Å²) in [6, 6.07) is 10.2. The van der Waals surface area contributed by atoms with Gasteiger partial charge >= 0.3 is 0 Å². The van der Waals surface area contributed by atoms with Crippen LogP contribution in [0.15, 0.2) is 30.3 Å².